The minimum Gasteiger partial charge on any atom is -0.422 e. The third-order valence-electron chi connectivity index (χ3n) is 2.70. The third kappa shape index (κ3) is 2.72. The van der Waals surface area contributed by atoms with Crippen LogP contribution in [-0.2, 0) is 0 Å². The zero-order valence-corrected chi connectivity index (χ0v) is 12.4. The maximum Gasteiger partial charge on any atom is 0.344 e. The molecule has 0 aliphatic carbocycles. The van der Waals surface area contributed by atoms with Crippen LogP contribution in [0.15, 0.2) is 42.5 Å². The first-order chi connectivity index (χ1) is 8.59. The lowest BCUT2D eigenvalue weighted by Crippen LogP contribution is -2.11. The van der Waals surface area contributed by atoms with E-state index in [4.69, 9.17) is 4.74 Å². The Kier molecular flexibility index (Phi) is 4.01. The van der Waals surface area contributed by atoms with Gasteiger partial charge >= 0.3 is 5.97 Å². The molecule has 0 atom stereocenters. The lowest BCUT2D eigenvalue weighted by atomic mass is 10.1. The van der Waals surface area contributed by atoms with Crippen LogP contribution in [0.2, 0.25) is 0 Å². The van der Waals surface area contributed by atoms with Crippen molar-refractivity contribution in [2.45, 2.75) is 13.8 Å². The molecule has 0 aromatic heterocycles. The maximum absolute atomic E-state index is 12.1. The minimum atomic E-state index is -0.308. The first kappa shape index (κ1) is 13.1. The van der Waals surface area contributed by atoms with Gasteiger partial charge in [0.25, 0.3) is 0 Å². The molecule has 3 heteroatoms. The molecule has 0 aliphatic rings. The van der Waals surface area contributed by atoms with E-state index < -0.39 is 0 Å². The van der Waals surface area contributed by atoms with E-state index in [-0.39, 0.29) is 5.97 Å². The first-order valence-electron chi connectivity index (χ1n) is 5.62. The Morgan fingerprint density at radius 1 is 1.00 bits per heavy atom. The summed E-state index contributed by atoms with van der Waals surface area (Å²) < 4.78 is 6.39. The Balaban J connectivity index is 2.30. The minimum absolute atomic E-state index is 0.308. The van der Waals surface area contributed by atoms with E-state index >= 15 is 0 Å². The van der Waals surface area contributed by atoms with Crippen molar-refractivity contribution >= 4 is 28.6 Å². The predicted molar refractivity (Wildman–Crippen MR) is 80.0 cm³/mol. The molecular weight excluding hydrogens is 339 g/mol. The van der Waals surface area contributed by atoms with Crippen LogP contribution in [0.25, 0.3) is 0 Å². The highest BCUT2D eigenvalue weighted by atomic mass is 127. The summed E-state index contributed by atoms with van der Waals surface area (Å²) in [4.78, 5) is 12.1. The number of hydrogen-bond donors (Lipinski definition) is 0. The molecule has 0 fully saturated rings. The average molecular weight is 352 g/mol. The number of ether oxygens (including phenoxy) is 1. The molecule has 0 amide bonds. The summed E-state index contributed by atoms with van der Waals surface area (Å²) in [5.74, 6) is 0.347. The molecule has 0 unspecified atom stereocenters. The normalized spacial score (nSPS) is 10.2. The largest absolute Gasteiger partial charge is 0.422 e. The molecule has 0 radical (unpaired) electrons. The van der Waals surface area contributed by atoms with Crippen LogP contribution in [0.3, 0.4) is 0 Å². The fourth-order valence-electron chi connectivity index (χ4n) is 1.73. The summed E-state index contributed by atoms with van der Waals surface area (Å²) in [6.45, 7) is 3.87. The second-order valence-corrected chi connectivity index (χ2v) is 5.25. The summed E-state index contributed by atoms with van der Waals surface area (Å²) in [5.41, 5.74) is 2.53. The summed E-state index contributed by atoms with van der Waals surface area (Å²) >= 11 is 2.13. The molecule has 18 heavy (non-hydrogen) atoms. The van der Waals surface area contributed by atoms with Gasteiger partial charge in [0.05, 0.1) is 5.56 Å². The molecule has 0 saturated carbocycles. The SMILES string of the molecule is Cc1cccc(C)c1OC(=O)c1ccccc1I. The fraction of sp³-hybridized carbons (Fsp3) is 0.133. The molecular formula is C15H13IO2. The third-order valence-corrected chi connectivity index (χ3v) is 3.64. The highest BCUT2D eigenvalue weighted by molar-refractivity contribution is 14.1. The number of aryl methyl sites for hydroxylation is 2. The van der Waals surface area contributed by atoms with Crippen LogP contribution in [0.4, 0.5) is 0 Å². The number of halogens is 1. The van der Waals surface area contributed by atoms with Crippen molar-refractivity contribution in [2.24, 2.45) is 0 Å². The van der Waals surface area contributed by atoms with Crippen molar-refractivity contribution in [1.29, 1.82) is 0 Å². The number of para-hydroxylation sites is 1. The Labute approximate surface area is 120 Å². The molecule has 2 aromatic carbocycles. The summed E-state index contributed by atoms with van der Waals surface area (Å²) in [6, 6.07) is 13.2. The van der Waals surface area contributed by atoms with Gasteiger partial charge in [-0.2, -0.15) is 0 Å². The van der Waals surface area contributed by atoms with Crippen LogP contribution >= 0.6 is 22.6 Å². The van der Waals surface area contributed by atoms with Gasteiger partial charge in [0.2, 0.25) is 0 Å². The summed E-state index contributed by atoms with van der Waals surface area (Å²) in [5, 5.41) is 0. The van der Waals surface area contributed by atoms with Gasteiger partial charge < -0.3 is 4.74 Å². The van der Waals surface area contributed by atoms with Gasteiger partial charge in [0, 0.05) is 3.57 Å². The van der Waals surface area contributed by atoms with Crippen LogP contribution in [0.1, 0.15) is 21.5 Å². The van der Waals surface area contributed by atoms with Crippen LogP contribution in [0.5, 0.6) is 5.75 Å². The van der Waals surface area contributed by atoms with Crippen molar-refractivity contribution in [3.05, 3.63) is 62.7 Å². The van der Waals surface area contributed by atoms with Gasteiger partial charge in [-0.25, -0.2) is 4.79 Å². The molecule has 0 N–H and O–H groups in total. The monoisotopic (exact) mass is 352 g/mol. The Morgan fingerprint density at radius 3 is 2.22 bits per heavy atom. The Bertz CT molecular complexity index is 571. The highest BCUT2D eigenvalue weighted by Crippen LogP contribution is 2.24. The van der Waals surface area contributed by atoms with E-state index in [0.717, 1.165) is 14.7 Å². The summed E-state index contributed by atoms with van der Waals surface area (Å²) in [7, 11) is 0. The topological polar surface area (TPSA) is 26.3 Å². The van der Waals surface area contributed by atoms with E-state index in [2.05, 4.69) is 22.6 Å². The molecule has 2 nitrogen and oxygen atoms in total. The number of rotatable bonds is 2. The zero-order chi connectivity index (χ0) is 13.1. The molecule has 0 spiro atoms. The second-order valence-electron chi connectivity index (χ2n) is 4.09. The average Bonchev–Trinajstić information content (AvgIpc) is 2.34. The van der Waals surface area contributed by atoms with Crippen molar-refractivity contribution in [3.8, 4) is 5.75 Å². The highest BCUT2D eigenvalue weighted by Gasteiger charge is 2.14. The number of esters is 1. The van der Waals surface area contributed by atoms with Crippen LogP contribution in [-0.4, -0.2) is 5.97 Å². The predicted octanol–water partition coefficient (Wildman–Crippen LogP) is 4.13. The quantitative estimate of drug-likeness (QED) is 0.462. The fourth-order valence-corrected chi connectivity index (χ4v) is 2.34. The maximum atomic E-state index is 12.1. The lowest BCUT2D eigenvalue weighted by Gasteiger charge is -2.10. The lowest BCUT2D eigenvalue weighted by molar-refractivity contribution is 0.0731. The van der Waals surface area contributed by atoms with E-state index in [1.807, 2.05) is 50.2 Å². The Hall–Kier alpha value is -1.36. The molecule has 0 saturated heterocycles. The number of carbonyl (C=O) groups is 1. The number of benzene rings is 2. The molecule has 0 heterocycles. The van der Waals surface area contributed by atoms with Crippen LogP contribution in [0, 0.1) is 17.4 Å². The van der Waals surface area contributed by atoms with Crippen molar-refractivity contribution in [1.82, 2.24) is 0 Å². The van der Waals surface area contributed by atoms with Gasteiger partial charge in [0.15, 0.2) is 0 Å². The molecule has 0 bridgehead atoms. The van der Waals surface area contributed by atoms with Gasteiger partial charge in [-0.1, -0.05) is 30.3 Å². The molecule has 92 valence electrons. The molecule has 0 aliphatic heterocycles. The van der Waals surface area contributed by atoms with E-state index in [1.54, 1.807) is 6.07 Å². The van der Waals surface area contributed by atoms with Crippen molar-refractivity contribution in [3.63, 3.8) is 0 Å². The van der Waals surface area contributed by atoms with Crippen LogP contribution < -0.4 is 4.74 Å². The first-order valence-corrected chi connectivity index (χ1v) is 6.70. The Morgan fingerprint density at radius 2 is 1.61 bits per heavy atom. The van der Waals surface area contributed by atoms with E-state index in [1.165, 1.54) is 0 Å². The second kappa shape index (κ2) is 5.52. The van der Waals surface area contributed by atoms with Gasteiger partial charge in [0.1, 0.15) is 5.75 Å². The molecule has 2 aromatic rings. The van der Waals surface area contributed by atoms with Crippen molar-refractivity contribution in [2.75, 3.05) is 0 Å². The number of hydrogen-bond acceptors (Lipinski definition) is 2. The van der Waals surface area contributed by atoms with Gasteiger partial charge in [-0.05, 0) is 59.7 Å². The standard InChI is InChI=1S/C15H13IO2/c1-10-6-5-7-11(2)14(10)18-15(17)12-8-3-4-9-13(12)16/h3-9H,1-2H3. The number of carbonyl (C=O) groups excluding carboxylic acids is 1. The zero-order valence-electron chi connectivity index (χ0n) is 10.2. The smallest absolute Gasteiger partial charge is 0.344 e. The van der Waals surface area contributed by atoms with Gasteiger partial charge in [-0.3, -0.25) is 0 Å². The molecule has 2 rings (SSSR count). The van der Waals surface area contributed by atoms with Crippen molar-refractivity contribution < 1.29 is 9.53 Å². The summed E-state index contributed by atoms with van der Waals surface area (Å²) in [6.07, 6.45) is 0. The van der Waals surface area contributed by atoms with Gasteiger partial charge in [-0.15, -0.1) is 0 Å². The van der Waals surface area contributed by atoms with E-state index in [0.29, 0.717) is 11.3 Å². The van der Waals surface area contributed by atoms with E-state index in [9.17, 15) is 4.79 Å².